The summed E-state index contributed by atoms with van der Waals surface area (Å²) in [5, 5.41) is 0. The number of anilines is 1. The van der Waals surface area contributed by atoms with Crippen LogP contribution < -0.4 is 5.73 Å². The molecular weight excluding hydrogens is 181 g/mol. The third-order valence-corrected chi connectivity index (χ3v) is 1.45. The van der Waals surface area contributed by atoms with Crippen LogP contribution in [0.2, 0.25) is 0 Å². The molecular formula is C8H5F3N2. The largest absolute Gasteiger partial charge is 0.407 e. The van der Waals surface area contributed by atoms with Crippen molar-refractivity contribution in [3.05, 3.63) is 35.2 Å². The summed E-state index contributed by atoms with van der Waals surface area (Å²) in [7, 11) is 0. The maximum atomic E-state index is 12.2. The van der Waals surface area contributed by atoms with Gasteiger partial charge in [-0.2, -0.15) is 13.2 Å². The van der Waals surface area contributed by atoms with E-state index in [2.05, 4.69) is 4.85 Å². The van der Waals surface area contributed by atoms with Gasteiger partial charge in [0.25, 0.3) is 0 Å². The molecule has 0 aliphatic heterocycles. The number of benzene rings is 1. The van der Waals surface area contributed by atoms with Crippen LogP contribution in [0.25, 0.3) is 4.85 Å². The van der Waals surface area contributed by atoms with E-state index in [0.29, 0.717) is 0 Å². The van der Waals surface area contributed by atoms with E-state index in [1.165, 1.54) is 6.07 Å². The lowest BCUT2D eigenvalue weighted by molar-refractivity contribution is -0.136. The molecule has 13 heavy (non-hydrogen) atoms. The molecule has 0 saturated heterocycles. The Kier molecular flexibility index (Phi) is 2.15. The van der Waals surface area contributed by atoms with Crippen molar-refractivity contribution in [1.29, 1.82) is 0 Å². The standard InChI is InChI=1S/C8H5F3N2/c1-13-7-3-2-5(12)4-6(7)8(9,10)11/h2-4H,12H2. The van der Waals surface area contributed by atoms with Crippen LogP contribution in [0.15, 0.2) is 18.2 Å². The molecule has 2 nitrogen and oxygen atoms in total. The number of nitrogens with zero attached hydrogens (tertiary/aromatic N) is 1. The molecule has 0 radical (unpaired) electrons. The zero-order chi connectivity index (χ0) is 10.1. The quantitative estimate of drug-likeness (QED) is 0.490. The molecule has 5 heteroatoms. The molecule has 68 valence electrons. The molecule has 0 atom stereocenters. The highest BCUT2D eigenvalue weighted by Crippen LogP contribution is 2.37. The van der Waals surface area contributed by atoms with Crippen molar-refractivity contribution >= 4 is 11.4 Å². The van der Waals surface area contributed by atoms with Crippen LogP contribution in [0.1, 0.15) is 5.56 Å². The van der Waals surface area contributed by atoms with Gasteiger partial charge in [-0.3, -0.25) is 0 Å². The van der Waals surface area contributed by atoms with Gasteiger partial charge in [0.05, 0.1) is 12.1 Å². The maximum Gasteiger partial charge on any atom is 0.407 e. The van der Waals surface area contributed by atoms with Gasteiger partial charge in [-0.25, -0.2) is 4.85 Å². The van der Waals surface area contributed by atoms with Crippen molar-refractivity contribution in [2.24, 2.45) is 0 Å². The second-order valence-electron chi connectivity index (χ2n) is 2.39. The minimum atomic E-state index is -4.52. The molecule has 0 fully saturated rings. The van der Waals surface area contributed by atoms with E-state index in [4.69, 9.17) is 12.3 Å². The van der Waals surface area contributed by atoms with E-state index in [9.17, 15) is 13.2 Å². The van der Waals surface area contributed by atoms with Gasteiger partial charge in [0, 0.05) is 5.69 Å². The Morgan fingerprint density at radius 3 is 2.38 bits per heavy atom. The van der Waals surface area contributed by atoms with Crippen molar-refractivity contribution in [3.63, 3.8) is 0 Å². The number of rotatable bonds is 0. The van der Waals surface area contributed by atoms with E-state index >= 15 is 0 Å². The molecule has 0 heterocycles. The Labute approximate surface area is 72.6 Å². The van der Waals surface area contributed by atoms with Crippen molar-refractivity contribution in [2.75, 3.05) is 5.73 Å². The predicted octanol–water partition coefficient (Wildman–Crippen LogP) is 2.84. The highest BCUT2D eigenvalue weighted by molar-refractivity contribution is 5.59. The maximum absolute atomic E-state index is 12.2. The Balaban J connectivity index is 3.35. The fourth-order valence-electron chi connectivity index (χ4n) is 0.878. The molecule has 0 aliphatic carbocycles. The number of halogens is 3. The van der Waals surface area contributed by atoms with Gasteiger partial charge in [-0.15, -0.1) is 0 Å². The van der Waals surface area contributed by atoms with Crippen LogP contribution in [0.5, 0.6) is 0 Å². The highest BCUT2D eigenvalue weighted by atomic mass is 19.4. The van der Waals surface area contributed by atoms with Crippen molar-refractivity contribution in [3.8, 4) is 0 Å². The molecule has 0 spiro atoms. The summed E-state index contributed by atoms with van der Waals surface area (Å²) in [6.07, 6.45) is -4.52. The van der Waals surface area contributed by atoms with Crippen LogP contribution in [0.4, 0.5) is 24.5 Å². The SMILES string of the molecule is [C-]#[N+]c1ccc(N)cc1C(F)(F)F. The Hall–Kier alpha value is -1.70. The normalized spacial score (nSPS) is 10.9. The molecule has 1 rings (SSSR count). The molecule has 1 aromatic carbocycles. The second kappa shape index (κ2) is 2.98. The average molecular weight is 186 g/mol. The lowest BCUT2D eigenvalue weighted by Crippen LogP contribution is -2.05. The average Bonchev–Trinajstić information content (AvgIpc) is 2.03. The van der Waals surface area contributed by atoms with Crippen molar-refractivity contribution < 1.29 is 13.2 Å². The van der Waals surface area contributed by atoms with Crippen LogP contribution in [-0.4, -0.2) is 0 Å². The first-order valence-electron chi connectivity index (χ1n) is 3.29. The van der Waals surface area contributed by atoms with Crippen LogP contribution in [-0.2, 0) is 6.18 Å². The van der Waals surface area contributed by atoms with E-state index in [-0.39, 0.29) is 5.69 Å². The number of nitrogen functional groups attached to an aromatic ring is 1. The zero-order valence-electron chi connectivity index (χ0n) is 6.39. The first-order valence-corrected chi connectivity index (χ1v) is 3.29. The van der Waals surface area contributed by atoms with Gasteiger partial charge in [0.2, 0.25) is 0 Å². The molecule has 0 amide bonds. The molecule has 0 bridgehead atoms. The predicted molar refractivity (Wildman–Crippen MR) is 42.1 cm³/mol. The second-order valence-corrected chi connectivity index (χ2v) is 2.39. The molecule has 0 aliphatic rings. The monoisotopic (exact) mass is 186 g/mol. The molecule has 2 N–H and O–H groups in total. The highest BCUT2D eigenvalue weighted by Gasteiger charge is 2.33. The first kappa shape index (κ1) is 9.39. The van der Waals surface area contributed by atoms with E-state index < -0.39 is 17.4 Å². The lowest BCUT2D eigenvalue weighted by Gasteiger charge is -2.08. The van der Waals surface area contributed by atoms with Crippen molar-refractivity contribution in [2.45, 2.75) is 6.18 Å². The lowest BCUT2D eigenvalue weighted by atomic mass is 10.1. The minimum absolute atomic E-state index is 0.000255. The zero-order valence-corrected chi connectivity index (χ0v) is 6.39. The topological polar surface area (TPSA) is 30.4 Å². The Bertz CT molecular complexity index is 363. The fourth-order valence-corrected chi connectivity index (χ4v) is 0.878. The molecule has 0 unspecified atom stereocenters. The summed E-state index contributed by atoms with van der Waals surface area (Å²) in [5.41, 5.74) is 3.76. The minimum Gasteiger partial charge on any atom is -0.399 e. The number of hydrogen-bond donors (Lipinski definition) is 1. The van der Waals surface area contributed by atoms with Crippen molar-refractivity contribution in [1.82, 2.24) is 0 Å². The van der Waals surface area contributed by atoms with Gasteiger partial charge < -0.3 is 5.73 Å². The summed E-state index contributed by atoms with van der Waals surface area (Å²) in [6, 6.07) is 3.08. The summed E-state index contributed by atoms with van der Waals surface area (Å²) in [6.45, 7) is 6.52. The van der Waals surface area contributed by atoms with E-state index in [1.54, 1.807) is 0 Å². The van der Waals surface area contributed by atoms with Gasteiger partial charge in [-0.05, 0) is 12.1 Å². The van der Waals surface area contributed by atoms with E-state index in [0.717, 1.165) is 12.1 Å². The van der Waals surface area contributed by atoms with Gasteiger partial charge in [-0.1, -0.05) is 6.07 Å². The van der Waals surface area contributed by atoms with Crippen LogP contribution in [0, 0.1) is 6.57 Å². The molecule has 1 aromatic rings. The number of nitrogens with two attached hydrogens (primary N) is 1. The molecule has 0 saturated carbocycles. The third-order valence-electron chi connectivity index (χ3n) is 1.45. The van der Waals surface area contributed by atoms with Gasteiger partial charge >= 0.3 is 6.18 Å². The summed E-state index contributed by atoms with van der Waals surface area (Å²) < 4.78 is 36.6. The summed E-state index contributed by atoms with van der Waals surface area (Å²) in [5.74, 6) is 0. The third kappa shape index (κ3) is 1.90. The first-order chi connectivity index (χ1) is 5.95. The molecule has 0 aromatic heterocycles. The number of hydrogen-bond acceptors (Lipinski definition) is 1. The van der Waals surface area contributed by atoms with Gasteiger partial charge in [0.15, 0.2) is 5.69 Å². The summed E-state index contributed by atoms with van der Waals surface area (Å²) >= 11 is 0. The van der Waals surface area contributed by atoms with Gasteiger partial charge in [0.1, 0.15) is 0 Å². The van der Waals surface area contributed by atoms with E-state index in [1.807, 2.05) is 0 Å². The van der Waals surface area contributed by atoms with Crippen LogP contribution >= 0.6 is 0 Å². The summed E-state index contributed by atoms with van der Waals surface area (Å²) in [4.78, 5) is 2.75. The Morgan fingerprint density at radius 1 is 1.31 bits per heavy atom. The number of alkyl halides is 3. The smallest absolute Gasteiger partial charge is 0.399 e. The fraction of sp³-hybridized carbons (Fsp3) is 0.125. The Morgan fingerprint density at radius 2 is 1.92 bits per heavy atom. The van der Waals surface area contributed by atoms with Crippen LogP contribution in [0.3, 0.4) is 0 Å².